The summed E-state index contributed by atoms with van der Waals surface area (Å²) >= 11 is 0. The van der Waals surface area contributed by atoms with Crippen molar-refractivity contribution >= 4 is 11.9 Å². The molecule has 9 atom stereocenters. The standard InChI is InChI=1S/C33H51NO4/c1-7-8-30(36)37-24-13-15-32(5)23(17-24)10-11-25-26(32)14-16-33(6)27(25)18-29-31(33)21(3)28(38-29)12-9-20(2)19-34-22(4)35/h10,20,24-27,29,31H,7-9,11-19H2,1-6H3,(H,34,35)/t20-,24-,25-,26+,27+,29+,31+,32-,33-/m0/s1. The van der Waals surface area contributed by atoms with Crippen LogP contribution >= 0.6 is 0 Å². The van der Waals surface area contributed by atoms with Crippen LogP contribution in [0.2, 0.25) is 0 Å². The molecule has 0 spiro atoms. The number of nitrogens with one attached hydrogen (secondary N) is 1. The predicted molar refractivity (Wildman–Crippen MR) is 150 cm³/mol. The van der Waals surface area contributed by atoms with Gasteiger partial charge in [0, 0.05) is 38.6 Å². The van der Waals surface area contributed by atoms with Crippen molar-refractivity contribution < 1.29 is 19.1 Å². The van der Waals surface area contributed by atoms with E-state index in [1.165, 1.54) is 37.0 Å². The van der Waals surface area contributed by atoms with Crippen LogP contribution in [0.5, 0.6) is 0 Å². The summed E-state index contributed by atoms with van der Waals surface area (Å²) in [6.07, 6.45) is 14.5. The quantitative estimate of drug-likeness (QED) is 0.271. The molecular formula is C33H51NO4. The molecule has 5 heteroatoms. The van der Waals surface area contributed by atoms with Crippen LogP contribution in [-0.2, 0) is 19.1 Å². The summed E-state index contributed by atoms with van der Waals surface area (Å²) in [5, 5.41) is 2.96. The highest BCUT2D eigenvalue weighted by Crippen LogP contribution is 2.69. The molecule has 3 saturated carbocycles. The van der Waals surface area contributed by atoms with E-state index < -0.39 is 0 Å². The lowest BCUT2D eigenvalue weighted by Gasteiger charge is -2.58. The normalized spacial score (nSPS) is 40.2. The molecular weight excluding hydrogens is 474 g/mol. The maximum atomic E-state index is 12.1. The second kappa shape index (κ2) is 10.7. The number of esters is 1. The Hall–Kier alpha value is -1.78. The summed E-state index contributed by atoms with van der Waals surface area (Å²) in [7, 11) is 0. The topological polar surface area (TPSA) is 64.6 Å². The molecule has 4 aliphatic carbocycles. The summed E-state index contributed by atoms with van der Waals surface area (Å²) in [6.45, 7) is 14.0. The lowest BCUT2D eigenvalue weighted by molar-refractivity contribution is -0.151. The average Bonchev–Trinajstić information content (AvgIpc) is 3.34. The van der Waals surface area contributed by atoms with Gasteiger partial charge in [0.25, 0.3) is 0 Å². The van der Waals surface area contributed by atoms with E-state index >= 15 is 0 Å². The number of carbonyl (C=O) groups excluding carboxylic acids is 2. The molecule has 3 fully saturated rings. The Morgan fingerprint density at radius 3 is 2.74 bits per heavy atom. The molecule has 1 heterocycles. The molecule has 1 amide bonds. The van der Waals surface area contributed by atoms with Crippen molar-refractivity contribution in [3.63, 3.8) is 0 Å². The lowest BCUT2D eigenvalue weighted by atomic mass is 9.47. The van der Waals surface area contributed by atoms with Crippen molar-refractivity contribution in [1.29, 1.82) is 0 Å². The van der Waals surface area contributed by atoms with Gasteiger partial charge >= 0.3 is 5.97 Å². The molecule has 0 radical (unpaired) electrons. The van der Waals surface area contributed by atoms with Gasteiger partial charge in [-0.05, 0) is 98.4 Å². The van der Waals surface area contributed by atoms with Crippen LogP contribution in [-0.4, -0.2) is 30.6 Å². The maximum Gasteiger partial charge on any atom is 0.306 e. The maximum absolute atomic E-state index is 12.1. The lowest BCUT2D eigenvalue weighted by Crippen LogP contribution is -2.50. The SMILES string of the molecule is CCCC(=O)O[C@H]1CC[C@@]2(C)C(=CC[C@@H]3[C@H]4C[C@H]5OC(CC[C@H](C)CNC(C)=O)=C(C)[C@H]5[C@@]4(C)CC[C@H]32)C1. The summed E-state index contributed by atoms with van der Waals surface area (Å²) in [6, 6.07) is 0. The molecule has 5 aliphatic rings. The van der Waals surface area contributed by atoms with E-state index in [1.54, 1.807) is 12.5 Å². The fourth-order valence-corrected chi connectivity index (χ4v) is 9.56. The average molecular weight is 526 g/mol. The monoisotopic (exact) mass is 525 g/mol. The fraction of sp³-hybridized carbons (Fsp3) is 0.818. The van der Waals surface area contributed by atoms with Crippen LogP contribution in [0, 0.1) is 40.4 Å². The summed E-state index contributed by atoms with van der Waals surface area (Å²) in [4.78, 5) is 23.4. The number of allylic oxidation sites excluding steroid dienone is 2. The van der Waals surface area contributed by atoms with E-state index in [2.05, 4.69) is 39.1 Å². The number of hydrogen-bond donors (Lipinski definition) is 1. The highest BCUT2D eigenvalue weighted by atomic mass is 16.5. The van der Waals surface area contributed by atoms with Crippen LogP contribution in [0.3, 0.4) is 0 Å². The summed E-state index contributed by atoms with van der Waals surface area (Å²) < 4.78 is 12.6. The van der Waals surface area contributed by atoms with E-state index in [0.717, 1.165) is 62.8 Å². The number of rotatable bonds is 8. The third kappa shape index (κ3) is 4.85. The molecule has 38 heavy (non-hydrogen) atoms. The second-order valence-electron chi connectivity index (χ2n) is 14.0. The fourth-order valence-electron chi connectivity index (χ4n) is 9.56. The van der Waals surface area contributed by atoms with Crippen LogP contribution in [0.1, 0.15) is 112 Å². The number of amides is 1. The number of ether oxygens (including phenoxy) is 2. The van der Waals surface area contributed by atoms with Gasteiger partial charge in [-0.1, -0.05) is 39.3 Å². The van der Waals surface area contributed by atoms with Gasteiger partial charge in [0.1, 0.15) is 12.2 Å². The van der Waals surface area contributed by atoms with Gasteiger partial charge in [-0.25, -0.2) is 0 Å². The van der Waals surface area contributed by atoms with Crippen molar-refractivity contribution in [2.75, 3.05) is 6.54 Å². The van der Waals surface area contributed by atoms with Gasteiger partial charge in [0.05, 0.1) is 5.76 Å². The smallest absolute Gasteiger partial charge is 0.306 e. The van der Waals surface area contributed by atoms with Crippen LogP contribution < -0.4 is 5.32 Å². The van der Waals surface area contributed by atoms with Crippen LogP contribution in [0.25, 0.3) is 0 Å². The third-order valence-corrected chi connectivity index (χ3v) is 11.6. The minimum atomic E-state index is -0.0219. The predicted octanol–water partition coefficient (Wildman–Crippen LogP) is 7.11. The third-order valence-electron chi connectivity index (χ3n) is 11.6. The van der Waals surface area contributed by atoms with Crippen molar-refractivity contribution in [2.45, 2.75) is 124 Å². The van der Waals surface area contributed by atoms with Crippen molar-refractivity contribution in [1.82, 2.24) is 5.32 Å². The number of carbonyl (C=O) groups is 2. The minimum absolute atomic E-state index is 0.0219. The Bertz CT molecular complexity index is 999. The molecule has 0 saturated heterocycles. The first-order chi connectivity index (χ1) is 18.1. The van der Waals surface area contributed by atoms with Crippen LogP contribution in [0.4, 0.5) is 0 Å². The van der Waals surface area contributed by atoms with Crippen LogP contribution in [0.15, 0.2) is 23.0 Å². The first kappa shape index (κ1) is 27.8. The highest BCUT2D eigenvalue weighted by molar-refractivity contribution is 5.72. The van der Waals surface area contributed by atoms with Crippen molar-refractivity contribution in [2.24, 2.45) is 40.4 Å². The Kier molecular flexibility index (Phi) is 7.79. The molecule has 0 aromatic rings. The largest absolute Gasteiger partial charge is 0.494 e. The molecule has 0 aromatic heterocycles. The van der Waals surface area contributed by atoms with Gasteiger partial charge in [-0.2, -0.15) is 0 Å². The molecule has 0 aromatic carbocycles. The van der Waals surface area contributed by atoms with Crippen molar-refractivity contribution in [3.8, 4) is 0 Å². The van der Waals surface area contributed by atoms with Gasteiger partial charge in [-0.3, -0.25) is 9.59 Å². The Labute approximate surface area is 230 Å². The van der Waals surface area contributed by atoms with E-state index in [0.29, 0.717) is 29.8 Å². The molecule has 1 N–H and O–H groups in total. The highest BCUT2D eigenvalue weighted by Gasteiger charge is 2.63. The Morgan fingerprint density at radius 2 is 2.00 bits per heavy atom. The Balaban J connectivity index is 1.26. The van der Waals surface area contributed by atoms with E-state index in [4.69, 9.17) is 9.47 Å². The molecule has 212 valence electrons. The molecule has 1 aliphatic heterocycles. The first-order valence-electron chi connectivity index (χ1n) is 15.6. The van der Waals surface area contributed by atoms with E-state index in [1.807, 2.05) is 6.92 Å². The zero-order valence-electron chi connectivity index (χ0n) is 24.7. The second-order valence-corrected chi connectivity index (χ2v) is 14.0. The summed E-state index contributed by atoms with van der Waals surface area (Å²) in [5.41, 5.74) is 3.67. The van der Waals surface area contributed by atoms with Gasteiger partial charge in [0.15, 0.2) is 0 Å². The zero-order valence-corrected chi connectivity index (χ0v) is 24.7. The Morgan fingerprint density at radius 1 is 1.21 bits per heavy atom. The molecule has 0 bridgehead atoms. The van der Waals surface area contributed by atoms with Gasteiger partial charge < -0.3 is 14.8 Å². The first-order valence-corrected chi connectivity index (χ1v) is 15.6. The minimum Gasteiger partial charge on any atom is -0.494 e. The van der Waals surface area contributed by atoms with Crippen molar-refractivity contribution in [3.05, 3.63) is 23.0 Å². The zero-order chi connectivity index (χ0) is 27.2. The number of hydrogen-bond acceptors (Lipinski definition) is 4. The van der Waals surface area contributed by atoms with Gasteiger partial charge in [0.2, 0.25) is 5.91 Å². The molecule has 0 unspecified atom stereocenters. The van der Waals surface area contributed by atoms with E-state index in [-0.39, 0.29) is 23.4 Å². The van der Waals surface area contributed by atoms with E-state index in [9.17, 15) is 9.59 Å². The molecule has 5 rings (SSSR count). The summed E-state index contributed by atoms with van der Waals surface area (Å²) in [5.74, 6) is 4.49. The number of fused-ring (bicyclic) bond motifs is 7. The van der Waals surface area contributed by atoms with Gasteiger partial charge in [-0.15, -0.1) is 0 Å². The molecule has 5 nitrogen and oxygen atoms in total.